The zero-order chi connectivity index (χ0) is 14.9. The topological polar surface area (TPSA) is 55.8 Å². The largest absolute Gasteiger partial charge is 0.461 e. The highest BCUT2D eigenvalue weighted by molar-refractivity contribution is 5.87. The Morgan fingerprint density at radius 1 is 1.15 bits per heavy atom. The number of fused-ring (bicyclic) bond motifs is 2. The molecular formula is C15H23NO4. The van der Waals surface area contributed by atoms with Gasteiger partial charge in [0.25, 0.3) is 0 Å². The average molecular weight is 281 g/mol. The molecule has 5 heteroatoms. The highest BCUT2D eigenvalue weighted by Gasteiger charge is 2.47. The Kier molecular flexibility index (Phi) is 4.48. The second-order valence-corrected chi connectivity index (χ2v) is 5.74. The van der Waals surface area contributed by atoms with Gasteiger partial charge in [0.2, 0.25) is 0 Å². The molecule has 0 aromatic heterocycles. The molecule has 2 aliphatic rings. The molecule has 0 radical (unpaired) electrons. The molecule has 0 aromatic carbocycles. The zero-order valence-electron chi connectivity index (χ0n) is 12.6. The smallest absolute Gasteiger partial charge is 0.333 e. The number of carbonyl (C=O) groups excluding carboxylic acids is 2. The Morgan fingerprint density at radius 2 is 1.85 bits per heavy atom. The summed E-state index contributed by atoms with van der Waals surface area (Å²) in [4.78, 5) is 25.2. The van der Waals surface area contributed by atoms with E-state index in [0.717, 1.165) is 19.3 Å². The fraction of sp³-hybridized carbons (Fsp3) is 0.733. The molecule has 2 heterocycles. The van der Waals surface area contributed by atoms with Crippen molar-refractivity contribution >= 4 is 11.9 Å². The first-order chi connectivity index (χ1) is 9.42. The van der Waals surface area contributed by atoms with Crippen molar-refractivity contribution in [2.45, 2.75) is 64.3 Å². The van der Waals surface area contributed by atoms with E-state index in [2.05, 4.69) is 4.90 Å². The molecule has 20 heavy (non-hydrogen) atoms. The van der Waals surface area contributed by atoms with Crippen molar-refractivity contribution in [1.82, 2.24) is 4.90 Å². The van der Waals surface area contributed by atoms with Crippen molar-refractivity contribution in [1.29, 1.82) is 0 Å². The third-order valence-corrected chi connectivity index (χ3v) is 4.42. The molecule has 0 amide bonds. The average Bonchev–Trinajstić information content (AvgIpc) is 2.58. The Balaban J connectivity index is 1.99. The minimum absolute atomic E-state index is 0.0750. The van der Waals surface area contributed by atoms with Crippen molar-refractivity contribution in [2.75, 3.05) is 7.05 Å². The van der Waals surface area contributed by atoms with Crippen molar-refractivity contribution in [3.05, 3.63) is 11.6 Å². The van der Waals surface area contributed by atoms with Crippen LogP contribution in [-0.4, -0.2) is 48.2 Å². The minimum Gasteiger partial charge on any atom is -0.461 e. The summed E-state index contributed by atoms with van der Waals surface area (Å²) in [5.74, 6) is -0.486. The van der Waals surface area contributed by atoms with Crippen LogP contribution in [0.1, 0.15) is 40.0 Å². The molecular weight excluding hydrogens is 258 g/mol. The maximum Gasteiger partial charge on any atom is 0.333 e. The van der Waals surface area contributed by atoms with Crippen molar-refractivity contribution < 1.29 is 19.1 Å². The monoisotopic (exact) mass is 281 g/mol. The van der Waals surface area contributed by atoms with E-state index in [1.54, 1.807) is 13.0 Å². The van der Waals surface area contributed by atoms with Gasteiger partial charge in [-0.3, -0.25) is 9.69 Å². The van der Waals surface area contributed by atoms with Crippen LogP contribution in [0.5, 0.6) is 0 Å². The predicted molar refractivity (Wildman–Crippen MR) is 74.1 cm³/mol. The van der Waals surface area contributed by atoms with Gasteiger partial charge in [0.1, 0.15) is 12.2 Å². The number of carbonyl (C=O) groups is 2. The molecule has 0 N–H and O–H groups in total. The van der Waals surface area contributed by atoms with Crippen molar-refractivity contribution in [2.24, 2.45) is 0 Å². The van der Waals surface area contributed by atoms with Gasteiger partial charge in [-0.2, -0.15) is 0 Å². The second kappa shape index (κ2) is 5.95. The van der Waals surface area contributed by atoms with Gasteiger partial charge in [-0.05, 0) is 20.9 Å². The lowest BCUT2D eigenvalue weighted by Crippen LogP contribution is -2.46. The number of esters is 2. The van der Waals surface area contributed by atoms with Crippen LogP contribution in [-0.2, 0) is 19.1 Å². The Morgan fingerprint density at radius 3 is 2.45 bits per heavy atom. The fourth-order valence-corrected chi connectivity index (χ4v) is 3.17. The van der Waals surface area contributed by atoms with E-state index in [4.69, 9.17) is 9.47 Å². The molecule has 0 aliphatic carbocycles. The maximum atomic E-state index is 11.8. The van der Waals surface area contributed by atoms with Gasteiger partial charge in [0, 0.05) is 37.8 Å². The van der Waals surface area contributed by atoms with Gasteiger partial charge in [-0.25, -0.2) is 4.79 Å². The molecule has 2 fully saturated rings. The summed E-state index contributed by atoms with van der Waals surface area (Å²) in [6.45, 7) is 5.02. The van der Waals surface area contributed by atoms with Gasteiger partial charge in [0.15, 0.2) is 0 Å². The van der Waals surface area contributed by atoms with E-state index < -0.39 is 0 Å². The first-order valence-corrected chi connectivity index (χ1v) is 7.15. The van der Waals surface area contributed by atoms with Crippen LogP contribution in [0.25, 0.3) is 0 Å². The van der Waals surface area contributed by atoms with Gasteiger partial charge < -0.3 is 9.47 Å². The summed E-state index contributed by atoms with van der Waals surface area (Å²) in [5.41, 5.74) is 0.632. The van der Waals surface area contributed by atoms with E-state index in [1.165, 1.54) is 6.92 Å². The maximum absolute atomic E-state index is 11.8. The third-order valence-electron chi connectivity index (χ3n) is 4.42. The first kappa shape index (κ1) is 15.0. The fourth-order valence-electron chi connectivity index (χ4n) is 3.17. The molecule has 2 rings (SSSR count). The normalized spacial score (nSPS) is 33.9. The quantitative estimate of drug-likeness (QED) is 0.582. The van der Waals surface area contributed by atoms with Crippen molar-refractivity contribution in [3.63, 3.8) is 0 Å². The number of piperidine rings is 1. The van der Waals surface area contributed by atoms with Gasteiger partial charge in [0.05, 0.1) is 6.04 Å². The summed E-state index contributed by atoms with van der Waals surface area (Å²) in [5, 5.41) is 0. The van der Waals surface area contributed by atoms with Crippen LogP contribution in [0.4, 0.5) is 0 Å². The lowest BCUT2D eigenvalue weighted by molar-refractivity contribution is -0.152. The summed E-state index contributed by atoms with van der Waals surface area (Å²) >= 11 is 0. The molecule has 2 unspecified atom stereocenters. The van der Waals surface area contributed by atoms with Gasteiger partial charge in [-0.15, -0.1) is 0 Å². The number of ether oxygens (including phenoxy) is 2. The molecule has 0 aromatic rings. The number of nitrogens with zero attached hydrogens (tertiary/aromatic N) is 1. The van der Waals surface area contributed by atoms with Crippen LogP contribution in [0, 0.1) is 0 Å². The van der Waals surface area contributed by atoms with Gasteiger partial charge >= 0.3 is 11.9 Å². The summed E-state index contributed by atoms with van der Waals surface area (Å²) in [6.07, 6.45) is 3.98. The van der Waals surface area contributed by atoms with E-state index in [9.17, 15) is 9.59 Å². The zero-order valence-corrected chi connectivity index (χ0v) is 12.6. The Bertz CT molecular complexity index is 432. The molecule has 4 atom stereocenters. The van der Waals surface area contributed by atoms with E-state index >= 15 is 0 Å². The number of likely N-dealkylation sites (N-methyl/N-ethyl adjacent to an activating group) is 1. The van der Waals surface area contributed by atoms with Crippen LogP contribution < -0.4 is 0 Å². The molecule has 2 bridgehead atoms. The molecule has 0 spiro atoms. The summed E-state index contributed by atoms with van der Waals surface area (Å²) < 4.78 is 10.9. The molecule has 0 saturated carbocycles. The lowest BCUT2D eigenvalue weighted by Gasteiger charge is -2.36. The summed E-state index contributed by atoms with van der Waals surface area (Å²) in [7, 11) is 2.05. The van der Waals surface area contributed by atoms with E-state index in [1.807, 2.05) is 14.0 Å². The number of hydrogen-bond acceptors (Lipinski definition) is 5. The Hall–Kier alpha value is -1.36. The third kappa shape index (κ3) is 3.03. The molecule has 5 nitrogen and oxygen atoms in total. The standard InChI is InChI=1S/C15H23NO4/c1-5-9(2)15(18)20-12-6-11-7-14(19-10(3)17)13(8-12)16(11)4/h5,11-14H,6-8H2,1-4H3/b9-5+/t11-,12?,13+,14?/m0/s1. The van der Waals surface area contributed by atoms with Crippen LogP contribution in [0.2, 0.25) is 0 Å². The first-order valence-electron chi connectivity index (χ1n) is 7.15. The Labute approximate surface area is 119 Å². The summed E-state index contributed by atoms with van der Waals surface area (Å²) in [6, 6.07) is 0.475. The van der Waals surface area contributed by atoms with Crippen LogP contribution in [0.3, 0.4) is 0 Å². The van der Waals surface area contributed by atoms with Crippen LogP contribution in [0.15, 0.2) is 11.6 Å². The van der Waals surface area contributed by atoms with E-state index in [0.29, 0.717) is 11.6 Å². The van der Waals surface area contributed by atoms with Crippen LogP contribution >= 0.6 is 0 Å². The molecule has 2 saturated heterocycles. The van der Waals surface area contributed by atoms with Gasteiger partial charge in [-0.1, -0.05) is 6.08 Å². The number of allylic oxidation sites excluding steroid dienone is 1. The second-order valence-electron chi connectivity index (χ2n) is 5.74. The number of rotatable bonds is 3. The highest BCUT2D eigenvalue weighted by Crippen LogP contribution is 2.37. The van der Waals surface area contributed by atoms with E-state index in [-0.39, 0.29) is 30.2 Å². The number of hydrogen-bond donors (Lipinski definition) is 0. The lowest BCUT2D eigenvalue weighted by atomic mass is 10.00. The highest BCUT2D eigenvalue weighted by atomic mass is 16.6. The molecule has 112 valence electrons. The van der Waals surface area contributed by atoms with Crippen molar-refractivity contribution in [3.8, 4) is 0 Å². The minimum atomic E-state index is -0.245. The SMILES string of the molecule is C/C=C(\C)C(=O)OC1C[C@H]2CC(OC(C)=O)[C@@H](C1)N2C. The molecule has 2 aliphatic heterocycles. The predicted octanol–water partition coefficient (Wildman–Crippen LogP) is 1.66.